The Bertz CT molecular complexity index is 114. The van der Waals surface area contributed by atoms with E-state index in [0.717, 1.165) is 18.9 Å². The van der Waals surface area contributed by atoms with E-state index in [1.807, 2.05) is 0 Å². The van der Waals surface area contributed by atoms with Crippen molar-refractivity contribution in [2.75, 3.05) is 13.2 Å². The van der Waals surface area contributed by atoms with E-state index in [4.69, 9.17) is 9.84 Å². The van der Waals surface area contributed by atoms with Crippen LogP contribution in [0.4, 0.5) is 0 Å². The van der Waals surface area contributed by atoms with Gasteiger partial charge in [-0.2, -0.15) is 0 Å². The molecule has 1 aliphatic heterocycles. The summed E-state index contributed by atoms with van der Waals surface area (Å²) in [4.78, 5) is 0. The molecule has 3 atom stereocenters. The van der Waals surface area contributed by atoms with Crippen molar-refractivity contribution in [1.29, 1.82) is 0 Å². The summed E-state index contributed by atoms with van der Waals surface area (Å²) in [6, 6.07) is 0. The average Bonchev–Trinajstić information content (AvgIpc) is 2.50. The molecule has 0 radical (unpaired) electrons. The lowest BCUT2D eigenvalue weighted by molar-refractivity contribution is 0.0560. The van der Waals surface area contributed by atoms with Gasteiger partial charge in [0.05, 0.1) is 19.3 Å². The van der Waals surface area contributed by atoms with Crippen LogP contribution in [0.1, 0.15) is 26.7 Å². The van der Waals surface area contributed by atoms with Crippen LogP contribution in [0.15, 0.2) is 0 Å². The minimum Gasteiger partial charge on any atom is -0.394 e. The fraction of sp³-hybridized carbons (Fsp3) is 1.00. The highest BCUT2D eigenvalue weighted by Gasteiger charge is 2.27. The van der Waals surface area contributed by atoms with E-state index in [9.17, 15) is 0 Å². The van der Waals surface area contributed by atoms with Gasteiger partial charge in [-0.05, 0) is 18.3 Å². The summed E-state index contributed by atoms with van der Waals surface area (Å²) < 4.78 is 5.39. The van der Waals surface area contributed by atoms with Crippen LogP contribution in [-0.2, 0) is 4.74 Å². The molecule has 1 fully saturated rings. The maximum Gasteiger partial charge on any atom is 0.0809 e. The fourth-order valence-corrected chi connectivity index (χ4v) is 1.59. The number of hydrogen-bond donors (Lipinski definition) is 1. The largest absolute Gasteiger partial charge is 0.394 e. The number of aliphatic hydroxyl groups is 1. The van der Waals surface area contributed by atoms with Crippen LogP contribution in [0.3, 0.4) is 0 Å². The summed E-state index contributed by atoms with van der Waals surface area (Å²) in [5.41, 5.74) is 0. The molecule has 0 aromatic heterocycles. The lowest BCUT2D eigenvalue weighted by Crippen LogP contribution is -2.12. The molecule has 66 valence electrons. The van der Waals surface area contributed by atoms with Crippen molar-refractivity contribution >= 4 is 0 Å². The summed E-state index contributed by atoms with van der Waals surface area (Å²) in [6.07, 6.45) is 2.38. The van der Waals surface area contributed by atoms with E-state index in [-0.39, 0.29) is 12.7 Å². The van der Waals surface area contributed by atoms with Gasteiger partial charge in [0, 0.05) is 0 Å². The minimum absolute atomic E-state index is 0.119. The van der Waals surface area contributed by atoms with Crippen LogP contribution < -0.4 is 0 Å². The first kappa shape index (κ1) is 9.01. The Morgan fingerprint density at radius 2 is 2.36 bits per heavy atom. The lowest BCUT2D eigenvalue weighted by Gasteiger charge is -2.14. The highest BCUT2D eigenvalue weighted by atomic mass is 16.5. The highest BCUT2D eigenvalue weighted by Crippen LogP contribution is 2.27. The monoisotopic (exact) mass is 158 g/mol. The van der Waals surface area contributed by atoms with E-state index in [2.05, 4.69) is 13.8 Å². The highest BCUT2D eigenvalue weighted by molar-refractivity contribution is 4.76. The Morgan fingerprint density at radius 3 is 2.82 bits per heavy atom. The number of ether oxygens (including phenoxy) is 1. The molecule has 0 aliphatic carbocycles. The van der Waals surface area contributed by atoms with Crippen LogP contribution in [0.25, 0.3) is 0 Å². The maximum absolute atomic E-state index is 8.81. The van der Waals surface area contributed by atoms with Gasteiger partial charge >= 0.3 is 0 Å². The molecule has 0 aromatic carbocycles. The zero-order valence-electron chi connectivity index (χ0n) is 7.42. The molecule has 1 heterocycles. The zero-order valence-corrected chi connectivity index (χ0v) is 7.42. The molecule has 0 saturated carbocycles. The molecule has 11 heavy (non-hydrogen) atoms. The SMILES string of the molecule is CC[C@H](C)[C@H]1CO[C@@H](CO)C1. The molecule has 0 amide bonds. The van der Waals surface area contributed by atoms with Crippen molar-refractivity contribution in [3.63, 3.8) is 0 Å². The first-order chi connectivity index (χ1) is 5.27. The quantitative estimate of drug-likeness (QED) is 0.673. The fourth-order valence-electron chi connectivity index (χ4n) is 1.59. The average molecular weight is 158 g/mol. The second-order valence-corrected chi connectivity index (χ2v) is 3.52. The summed E-state index contributed by atoms with van der Waals surface area (Å²) in [6.45, 7) is 5.50. The van der Waals surface area contributed by atoms with Gasteiger partial charge in [0.15, 0.2) is 0 Å². The van der Waals surface area contributed by atoms with Gasteiger partial charge in [0.1, 0.15) is 0 Å². The van der Waals surface area contributed by atoms with E-state index < -0.39 is 0 Å². The van der Waals surface area contributed by atoms with E-state index in [0.29, 0.717) is 5.92 Å². The third kappa shape index (κ3) is 2.17. The van der Waals surface area contributed by atoms with Crippen LogP contribution >= 0.6 is 0 Å². The summed E-state index contributed by atoms with van der Waals surface area (Å²) in [5.74, 6) is 1.42. The van der Waals surface area contributed by atoms with Crippen LogP contribution in [0, 0.1) is 11.8 Å². The Balaban J connectivity index is 2.29. The molecule has 2 nitrogen and oxygen atoms in total. The molecule has 0 bridgehead atoms. The first-order valence-electron chi connectivity index (χ1n) is 4.50. The molecule has 0 aromatic rings. The van der Waals surface area contributed by atoms with Crippen LogP contribution in [-0.4, -0.2) is 24.4 Å². The van der Waals surface area contributed by atoms with Crippen molar-refractivity contribution in [2.24, 2.45) is 11.8 Å². The van der Waals surface area contributed by atoms with E-state index in [1.54, 1.807) is 0 Å². The molecular formula is C9H18O2. The predicted octanol–water partition coefficient (Wildman–Crippen LogP) is 1.43. The maximum atomic E-state index is 8.81. The van der Waals surface area contributed by atoms with Crippen molar-refractivity contribution in [3.8, 4) is 0 Å². The van der Waals surface area contributed by atoms with E-state index in [1.165, 1.54) is 6.42 Å². The Morgan fingerprint density at radius 1 is 1.64 bits per heavy atom. The molecule has 2 heteroatoms. The molecule has 1 saturated heterocycles. The minimum atomic E-state index is 0.119. The Kier molecular flexibility index (Phi) is 3.34. The number of hydrogen-bond acceptors (Lipinski definition) is 2. The molecule has 1 N–H and O–H groups in total. The van der Waals surface area contributed by atoms with Gasteiger partial charge in [-0.15, -0.1) is 0 Å². The standard InChI is InChI=1S/C9H18O2/c1-3-7(2)8-4-9(5-10)11-6-8/h7-10H,3-6H2,1-2H3/t7-,8+,9+/m0/s1. The molecular weight excluding hydrogens is 140 g/mol. The third-order valence-electron chi connectivity index (χ3n) is 2.76. The van der Waals surface area contributed by atoms with Crippen molar-refractivity contribution in [1.82, 2.24) is 0 Å². The third-order valence-corrected chi connectivity index (χ3v) is 2.76. The van der Waals surface area contributed by atoms with Gasteiger partial charge in [-0.25, -0.2) is 0 Å². The van der Waals surface area contributed by atoms with Gasteiger partial charge in [0.25, 0.3) is 0 Å². The summed E-state index contributed by atoms with van der Waals surface area (Å²) >= 11 is 0. The van der Waals surface area contributed by atoms with Gasteiger partial charge < -0.3 is 9.84 Å². The predicted molar refractivity (Wildman–Crippen MR) is 44.4 cm³/mol. The number of rotatable bonds is 3. The lowest BCUT2D eigenvalue weighted by atomic mass is 9.90. The molecule has 0 unspecified atom stereocenters. The molecule has 0 spiro atoms. The van der Waals surface area contributed by atoms with Crippen molar-refractivity contribution in [3.05, 3.63) is 0 Å². The number of aliphatic hydroxyl groups excluding tert-OH is 1. The summed E-state index contributed by atoms with van der Waals surface area (Å²) in [5, 5.41) is 8.81. The molecule has 1 aliphatic rings. The Hall–Kier alpha value is -0.0800. The van der Waals surface area contributed by atoms with Gasteiger partial charge in [0.2, 0.25) is 0 Å². The second kappa shape index (κ2) is 4.07. The van der Waals surface area contributed by atoms with Gasteiger partial charge in [-0.3, -0.25) is 0 Å². The van der Waals surface area contributed by atoms with Crippen LogP contribution in [0.5, 0.6) is 0 Å². The van der Waals surface area contributed by atoms with Crippen molar-refractivity contribution < 1.29 is 9.84 Å². The van der Waals surface area contributed by atoms with Crippen molar-refractivity contribution in [2.45, 2.75) is 32.8 Å². The second-order valence-electron chi connectivity index (χ2n) is 3.52. The van der Waals surface area contributed by atoms with Gasteiger partial charge in [-0.1, -0.05) is 20.3 Å². The summed E-state index contributed by atoms with van der Waals surface area (Å²) in [7, 11) is 0. The normalized spacial score (nSPS) is 34.1. The Labute approximate surface area is 68.6 Å². The van der Waals surface area contributed by atoms with Crippen LogP contribution in [0.2, 0.25) is 0 Å². The topological polar surface area (TPSA) is 29.5 Å². The zero-order chi connectivity index (χ0) is 8.27. The smallest absolute Gasteiger partial charge is 0.0809 e. The van der Waals surface area contributed by atoms with E-state index >= 15 is 0 Å². The first-order valence-corrected chi connectivity index (χ1v) is 4.50. The molecule has 1 rings (SSSR count).